The Bertz CT molecular complexity index is 1430. The van der Waals surface area contributed by atoms with Crippen molar-refractivity contribution in [3.05, 3.63) is 95.8 Å². The minimum absolute atomic E-state index is 0.0616. The number of halogens is 1. The molecule has 4 rings (SSSR count). The van der Waals surface area contributed by atoms with Crippen molar-refractivity contribution in [1.29, 1.82) is 0 Å². The lowest BCUT2D eigenvalue weighted by atomic mass is 10.1. The van der Waals surface area contributed by atoms with E-state index in [1.54, 1.807) is 30.3 Å². The first-order valence-electron chi connectivity index (χ1n) is 10.5. The van der Waals surface area contributed by atoms with Gasteiger partial charge in [-0.2, -0.15) is 12.7 Å². The summed E-state index contributed by atoms with van der Waals surface area (Å²) in [6.07, 6.45) is 0. The first-order chi connectivity index (χ1) is 16.8. The lowest BCUT2D eigenvalue weighted by molar-refractivity contribution is 0.102. The molecule has 1 N–H and O–H groups in total. The highest BCUT2D eigenvalue weighted by molar-refractivity contribution is 7.90. The van der Waals surface area contributed by atoms with Crippen LogP contribution in [0.15, 0.2) is 78.9 Å². The summed E-state index contributed by atoms with van der Waals surface area (Å²) in [5, 5.41) is 11.9. The van der Waals surface area contributed by atoms with Gasteiger partial charge in [0.15, 0.2) is 0 Å². The van der Waals surface area contributed by atoms with Crippen LogP contribution in [-0.2, 0) is 16.8 Å². The van der Waals surface area contributed by atoms with E-state index in [1.165, 1.54) is 43.6 Å². The molecule has 0 aliphatic heterocycles. The molecule has 0 bridgehead atoms. The van der Waals surface area contributed by atoms with Crippen molar-refractivity contribution >= 4 is 38.3 Å². The number of hydrogen-bond acceptors (Lipinski definition) is 6. The van der Waals surface area contributed by atoms with E-state index in [2.05, 4.69) is 15.5 Å². The van der Waals surface area contributed by atoms with Gasteiger partial charge in [-0.25, -0.2) is 4.39 Å². The van der Waals surface area contributed by atoms with Crippen molar-refractivity contribution in [2.45, 2.75) is 6.54 Å². The van der Waals surface area contributed by atoms with Gasteiger partial charge in [-0.1, -0.05) is 65.9 Å². The Labute approximate surface area is 206 Å². The Morgan fingerprint density at radius 3 is 2.26 bits per heavy atom. The number of aromatic nitrogens is 2. The number of anilines is 2. The Kier molecular flexibility index (Phi) is 7.20. The molecular formula is C24H22FN5O3S2. The minimum Gasteiger partial charge on any atom is -0.296 e. The lowest BCUT2D eigenvalue weighted by Crippen LogP contribution is -2.40. The lowest BCUT2D eigenvalue weighted by Gasteiger charge is -2.27. The molecule has 0 radical (unpaired) electrons. The van der Waals surface area contributed by atoms with Gasteiger partial charge >= 0.3 is 10.2 Å². The third-order valence-electron chi connectivity index (χ3n) is 5.07. The highest BCUT2D eigenvalue weighted by atomic mass is 32.2. The van der Waals surface area contributed by atoms with Gasteiger partial charge in [0.25, 0.3) is 5.91 Å². The van der Waals surface area contributed by atoms with Crippen molar-refractivity contribution in [2.75, 3.05) is 23.7 Å². The molecule has 4 aromatic rings. The van der Waals surface area contributed by atoms with E-state index >= 15 is 0 Å². The molecule has 0 saturated carbocycles. The third-order valence-corrected chi connectivity index (χ3v) is 7.76. The number of carbonyl (C=O) groups excluding carboxylic acids is 1. The van der Waals surface area contributed by atoms with Crippen LogP contribution >= 0.6 is 11.3 Å². The van der Waals surface area contributed by atoms with E-state index in [-0.39, 0.29) is 18.1 Å². The summed E-state index contributed by atoms with van der Waals surface area (Å²) in [5.41, 5.74) is 1.78. The zero-order valence-electron chi connectivity index (χ0n) is 18.9. The van der Waals surface area contributed by atoms with Crippen molar-refractivity contribution in [1.82, 2.24) is 14.5 Å². The average Bonchev–Trinajstić information content (AvgIpc) is 3.32. The molecule has 0 unspecified atom stereocenters. The van der Waals surface area contributed by atoms with Crippen molar-refractivity contribution in [3.8, 4) is 10.6 Å². The second-order valence-electron chi connectivity index (χ2n) is 7.68. The molecule has 0 fully saturated rings. The Morgan fingerprint density at radius 2 is 1.60 bits per heavy atom. The van der Waals surface area contributed by atoms with Crippen LogP contribution in [0, 0.1) is 5.82 Å². The summed E-state index contributed by atoms with van der Waals surface area (Å²) < 4.78 is 42.2. The predicted octanol–water partition coefficient (Wildman–Crippen LogP) is 4.41. The van der Waals surface area contributed by atoms with Gasteiger partial charge < -0.3 is 0 Å². The molecule has 35 heavy (non-hydrogen) atoms. The molecule has 1 aromatic heterocycles. The number of amides is 1. The van der Waals surface area contributed by atoms with Crippen molar-refractivity contribution in [2.24, 2.45) is 0 Å². The highest BCUT2D eigenvalue weighted by Crippen LogP contribution is 2.27. The van der Waals surface area contributed by atoms with Gasteiger partial charge in [-0.3, -0.25) is 14.4 Å². The summed E-state index contributed by atoms with van der Waals surface area (Å²) in [7, 11) is -1.20. The van der Waals surface area contributed by atoms with Gasteiger partial charge in [0.2, 0.25) is 5.13 Å². The number of nitrogens with zero attached hydrogens (tertiary/aromatic N) is 4. The van der Waals surface area contributed by atoms with Crippen LogP contribution in [0.4, 0.5) is 15.2 Å². The number of carbonyl (C=O) groups is 1. The molecule has 0 aliphatic rings. The standard InChI is InChI=1S/C24H22FN5O3S2/c1-29(2)35(32,33)30(21-11-7-6-10-20(21)25)16-17-12-14-18(15-13-17)22(31)26-24-28-27-23(34-24)19-8-4-3-5-9-19/h3-15H,16H2,1-2H3,(H,26,28,31). The first kappa shape index (κ1) is 24.5. The Morgan fingerprint density at radius 1 is 0.943 bits per heavy atom. The number of benzene rings is 3. The first-order valence-corrected chi connectivity index (χ1v) is 12.7. The molecule has 1 heterocycles. The molecule has 1 amide bonds. The normalized spacial score (nSPS) is 11.4. The summed E-state index contributed by atoms with van der Waals surface area (Å²) >= 11 is 1.26. The average molecular weight is 512 g/mol. The molecule has 0 spiro atoms. The molecule has 8 nitrogen and oxygen atoms in total. The van der Waals surface area contributed by atoms with E-state index in [9.17, 15) is 17.6 Å². The Hall–Kier alpha value is -3.67. The second-order valence-corrected chi connectivity index (χ2v) is 10.7. The van der Waals surface area contributed by atoms with Gasteiger partial charge in [-0.15, -0.1) is 10.2 Å². The maximum absolute atomic E-state index is 14.4. The van der Waals surface area contributed by atoms with Crippen LogP contribution in [0.5, 0.6) is 0 Å². The van der Waals surface area contributed by atoms with Crippen LogP contribution in [0.3, 0.4) is 0 Å². The van der Waals surface area contributed by atoms with E-state index in [0.717, 1.165) is 14.2 Å². The van der Waals surface area contributed by atoms with Gasteiger partial charge in [0.1, 0.15) is 10.8 Å². The molecule has 180 valence electrons. The zero-order valence-corrected chi connectivity index (χ0v) is 20.6. The second kappa shape index (κ2) is 10.3. The van der Waals surface area contributed by atoms with Crippen LogP contribution < -0.4 is 9.62 Å². The molecule has 0 aliphatic carbocycles. The summed E-state index contributed by atoms with van der Waals surface area (Å²) in [5.74, 6) is -1.03. The molecule has 0 saturated heterocycles. The van der Waals surface area contributed by atoms with Gasteiger partial charge in [0.05, 0.1) is 12.2 Å². The summed E-state index contributed by atoms with van der Waals surface area (Å²) in [6, 6.07) is 21.6. The van der Waals surface area contributed by atoms with Crippen LogP contribution in [-0.4, -0.2) is 42.9 Å². The highest BCUT2D eigenvalue weighted by Gasteiger charge is 2.27. The molecular weight excluding hydrogens is 489 g/mol. The third kappa shape index (κ3) is 5.53. The SMILES string of the molecule is CN(C)S(=O)(=O)N(Cc1ccc(C(=O)Nc2nnc(-c3ccccc3)s2)cc1)c1ccccc1F. The van der Waals surface area contributed by atoms with E-state index in [4.69, 9.17) is 0 Å². The number of hydrogen-bond donors (Lipinski definition) is 1. The fraction of sp³-hybridized carbons (Fsp3) is 0.125. The van der Waals surface area contributed by atoms with Crippen LogP contribution in [0.25, 0.3) is 10.6 Å². The van der Waals surface area contributed by atoms with E-state index in [0.29, 0.717) is 21.3 Å². The maximum atomic E-state index is 14.4. The molecule has 11 heteroatoms. The fourth-order valence-corrected chi connectivity index (χ4v) is 5.06. The quantitative estimate of drug-likeness (QED) is 0.378. The van der Waals surface area contributed by atoms with E-state index < -0.39 is 16.0 Å². The summed E-state index contributed by atoms with van der Waals surface area (Å²) in [4.78, 5) is 12.7. The smallest absolute Gasteiger partial charge is 0.296 e. The fourth-order valence-electron chi connectivity index (χ4n) is 3.21. The van der Waals surface area contributed by atoms with Crippen molar-refractivity contribution < 1.29 is 17.6 Å². The van der Waals surface area contributed by atoms with Gasteiger partial charge in [0, 0.05) is 25.2 Å². The topological polar surface area (TPSA) is 95.5 Å². The number of nitrogens with one attached hydrogen (secondary N) is 1. The molecule has 0 atom stereocenters. The summed E-state index contributed by atoms with van der Waals surface area (Å²) in [6.45, 7) is -0.111. The minimum atomic E-state index is -3.97. The van der Waals surface area contributed by atoms with Crippen LogP contribution in [0.2, 0.25) is 0 Å². The number of rotatable bonds is 8. The monoisotopic (exact) mass is 511 g/mol. The van der Waals surface area contributed by atoms with Gasteiger partial charge in [-0.05, 0) is 29.8 Å². The largest absolute Gasteiger partial charge is 0.303 e. The predicted molar refractivity (Wildman–Crippen MR) is 135 cm³/mol. The number of para-hydroxylation sites is 1. The van der Waals surface area contributed by atoms with Crippen molar-refractivity contribution in [3.63, 3.8) is 0 Å². The molecule has 3 aromatic carbocycles. The maximum Gasteiger partial charge on any atom is 0.303 e. The van der Waals surface area contributed by atoms with E-state index in [1.807, 2.05) is 30.3 Å². The Balaban J connectivity index is 1.50. The zero-order chi connectivity index (χ0) is 25.0. The van der Waals surface area contributed by atoms with Crippen LogP contribution in [0.1, 0.15) is 15.9 Å².